The molecule has 0 spiro atoms. The lowest BCUT2D eigenvalue weighted by Gasteiger charge is -2.38. The van der Waals surface area contributed by atoms with Crippen LogP contribution >= 0.6 is 0 Å². The van der Waals surface area contributed by atoms with E-state index >= 15 is 0 Å². The van der Waals surface area contributed by atoms with Gasteiger partial charge in [0.25, 0.3) is 0 Å². The van der Waals surface area contributed by atoms with Crippen LogP contribution in [-0.4, -0.2) is 72.2 Å². The van der Waals surface area contributed by atoms with Crippen LogP contribution in [0.4, 0.5) is 0 Å². The number of aliphatic hydroxyl groups is 3. The van der Waals surface area contributed by atoms with Gasteiger partial charge in [0.05, 0.1) is 11.7 Å². The number of hydrogen-bond acceptors (Lipinski definition) is 10. The molecule has 5 atom stereocenters. The lowest BCUT2D eigenvalue weighted by atomic mass is 10.00. The Hall–Kier alpha value is -3.31. The first-order valence-electron chi connectivity index (χ1n) is 9.25. The Kier molecular flexibility index (Phi) is 6.37. The molecule has 3 rings (SSSR count). The number of aromatic hydroxyl groups is 4. The second-order valence-corrected chi connectivity index (χ2v) is 7.05. The zero-order valence-electron chi connectivity index (χ0n) is 16.3. The number of ketones is 1. The summed E-state index contributed by atoms with van der Waals surface area (Å²) >= 11 is 0. The van der Waals surface area contributed by atoms with Gasteiger partial charge in [-0.1, -0.05) is 12.1 Å². The molecule has 0 aliphatic carbocycles. The third-order valence-electron chi connectivity index (χ3n) is 4.86. The highest BCUT2D eigenvalue weighted by Crippen LogP contribution is 2.40. The number of ether oxygens (including phenoxy) is 2. The smallest absolute Gasteiger partial charge is 0.229 e. The SMILES string of the molecule is CC1OC(Oc2ccc(C(=O)C=Cc3ccc(O)c(O)c3)c(O)c2O)C(O)C(O)C1O. The van der Waals surface area contributed by atoms with Gasteiger partial charge in [-0.05, 0) is 42.8 Å². The van der Waals surface area contributed by atoms with Crippen molar-refractivity contribution in [3.05, 3.63) is 47.5 Å². The molecular formula is C21H22O10. The number of rotatable bonds is 5. The van der Waals surface area contributed by atoms with Gasteiger partial charge < -0.3 is 45.2 Å². The minimum Gasteiger partial charge on any atom is -0.504 e. The summed E-state index contributed by atoms with van der Waals surface area (Å²) in [4.78, 5) is 12.4. The van der Waals surface area contributed by atoms with Crippen LogP contribution in [0, 0.1) is 0 Å². The maximum atomic E-state index is 12.4. The Balaban J connectivity index is 1.77. The number of benzene rings is 2. The van der Waals surface area contributed by atoms with E-state index in [0.29, 0.717) is 5.56 Å². The Morgan fingerprint density at radius 3 is 2.32 bits per heavy atom. The van der Waals surface area contributed by atoms with Crippen LogP contribution in [0.2, 0.25) is 0 Å². The van der Waals surface area contributed by atoms with Gasteiger partial charge in [0.2, 0.25) is 12.0 Å². The van der Waals surface area contributed by atoms with Crippen molar-refractivity contribution in [2.45, 2.75) is 37.6 Å². The van der Waals surface area contributed by atoms with E-state index in [0.717, 1.165) is 6.08 Å². The molecular weight excluding hydrogens is 412 g/mol. The predicted molar refractivity (Wildman–Crippen MR) is 106 cm³/mol. The van der Waals surface area contributed by atoms with E-state index in [2.05, 4.69) is 0 Å². The quantitative estimate of drug-likeness (QED) is 0.200. The molecule has 1 aliphatic rings. The van der Waals surface area contributed by atoms with Gasteiger partial charge in [-0.25, -0.2) is 0 Å². The summed E-state index contributed by atoms with van der Waals surface area (Å²) in [6.45, 7) is 1.45. The number of phenols is 4. The first kappa shape index (κ1) is 22.4. The van der Waals surface area contributed by atoms with Crippen LogP contribution in [0.3, 0.4) is 0 Å². The number of carbonyl (C=O) groups is 1. The van der Waals surface area contributed by atoms with E-state index in [1.807, 2.05) is 0 Å². The summed E-state index contributed by atoms with van der Waals surface area (Å²) in [7, 11) is 0. The van der Waals surface area contributed by atoms with Crippen molar-refractivity contribution in [1.82, 2.24) is 0 Å². The number of aliphatic hydroxyl groups excluding tert-OH is 3. The molecule has 0 aromatic heterocycles. The Morgan fingerprint density at radius 2 is 1.65 bits per heavy atom. The first-order valence-corrected chi connectivity index (χ1v) is 9.25. The van der Waals surface area contributed by atoms with Crippen molar-refractivity contribution in [1.29, 1.82) is 0 Å². The van der Waals surface area contributed by atoms with Crippen molar-refractivity contribution in [2.75, 3.05) is 0 Å². The minimum atomic E-state index is -1.63. The third kappa shape index (κ3) is 4.57. The topological polar surface area (TPSA) is 177 Å². The average molecular weight is 434 g/mol. The van der Waals surface area contributed by atoms with Crippen LogP contribution in [0.1, 0.15) is 22.8 Å². The average Bonchev–Trinajstić information content (AvgIpc) is 2.74. The minimum absolute atomic E-state index is 0.252. The van der Waals surface area contributed by atoms with Crippen molar-refractivity contribution in [2.24, 2.45) is 0 Å². The van der Waals surface area contributed by atoms with Gasteiger partial charge in [-0.2, -0.15) is 0 Å². The van der Waals surface area contributed by atoms with E-state index in [-0.39, 0.29) is 22.8 Å². The van der Waals surface area contributed by atoms with Crippen molar-refractivity contribution >= 4 is 11.9 Å². The van der Waals surface area contributed by atoms with Crippen LogP contribution in [0.25, 0.3) is 6.08 Å². The third-order valence-corrected chi connectivity index (χ3v) is 4.86. The normalized spacial score (nSPS) is 26.1. The first-order chi connectivity index (χ1) is 14.6. The van der Waals surface area contributed by atoms with Crippen LogP contribution < -0.4 is 4.74 Å². The molecule has 0 saturated carbocycles. The van der Waals surface area contributed by atoms with Gasteiger partial charge in [0.15, 0.2) is 28.8 Å². The molecule has 10 nitrogen and oxygen atoms in total. The lowest BCUT2D eigenvalue weighted by Crippen LogP contribution is -2.58. The summed E-state index contributed by atoms with van der Waals surface area (Å²) in [5.41, 5.74) is 0.156. The summed E-state index contributed by atoms with van der Waals surface area (Å²) in [6, 6.07) is 6.27. The summed E-state index contributed by atoms with van der Waals surface area (Å²) in [5, 5.41) is 68.8. The number of allylic oxidation sites excluding steroid dienone is 1. The fraction of sp³-hybridized carbons (Fsp3) is 0.286. The highest BCUT2D eigenvalue weighted by atomic mass is 16.7. The molecule has 0 amide bonds. The van der Waals surface area contributed by atoms with Gasteiger partial charge >= 0.3 is 0 Å². The monoisotopic (exact) mass is 434 g/mol. The molecule has 1 heterocycles. The van der Waals surface area contributed by atoms with Gasteiger partial charge in [0.1, 0.15) is 18.3 Å². The van der Waals surface area contributed by atoms with E-state index in [1.165, 1.54) is 43.3 Å². The largest absolute Gasteiger partial charge is 0.504 e. The van der Waals surface area contributed by atoms with Gasteiger partial charge in [-0.3, -0.25) is 4.79 Å². The molecule has 1 saturated heterocycles. The molecule has 2 aromatic rings. The summed E-state index contributed by atoms with van der Waals surface area (Å²) in [6.07, 6.45) is -4.39. The van der Waals surface area contributed by atoms with Crippen molar-refractivity contribution in [3.63, 3.8) is 0 Å². The summed E-state index contributed by atoms with van der Waals surface area (Å²) in [5.74, 6) is -3.24. The Bertz CT molecular complexity index is 1000. The number of hydrogen-bond donors (Lipinski definition) is 7. The molecule has 5 unspecified atom stereocenters. The Labute approximate surface area is 176 Å². The molecule has 1 aliphatic heterocycles. The van der Waals surface area contributed by atoms with E-state index < -0.39 is 48.0 Å². The zero-order chi connectivity index (χ0) is 22.9. The molecule has 7 N–H and O–H groups in total. The molecule has 2 aromatic carbocycles. The fourth-order valence-corrected chi connectivity index (χ4v) is 3.00. The predicted octanol–water partition coefficient (Wildman–Crippen LogP) is 0.611. The Morgan fingerprint density at radius 1 is 0.935 bits per heavy atom. The highest BCUT2D eigenvalue weighted by Gasteiger charge is 2.43. The number of phenolic OH excluding ortho intramolecular Hbond substituents is 4. The second kappa shape index (κ2) is 8.82. The van der Waals surface area contributed by atoms with Gasteiger partial charge in [0, 0.05) is 0 Å². The fourth-order valence-electron chi connectivity index (χ4n) is 3.00. The highest BCUT2D eigenvalue weighted by molar-refractivity contribution is 6.09. The second-order valence-electron chi connectivity index (χ2n) is 7.05. The molecule has 10 heteroatoms. The summed E-state index contributed by atoms with van der Waals surface area (Å²) < 4.78 is 10.6. The van der Waals surface area contributed by atoms with Crippen LogP contribution in [0.5, 0.6) is 28.7 Å². The molecule has 0 radical (unpaired) electrons. The molecule has 1 fully saturated rings. The maximum absolute atomic E-state index is 12.4. The van der Waals surface area contributed by atoms with Crippen molar-refractivity contribution < 1.29 is 50.0 Å². The van der Waals surface area contributed by atoms with E-state index in [1.54, 1.807) is 0 Å². The van der Waals surface area contributed by atoms with Crippen LogP contribution in [0.15, 0.2) is 36.4 Å². The van der Waals surface area contributed by atoms with Gasteiger partial charge in [-0.15, -0.1) is 0 Å². The van der Waals surface area contributed by atoms with Crippen molar-refractivity contribution in [3.8, 4) is 28.7 Å². The number of carbonyl (C=O) groups excluding carboxylic acids is 1. The molecule has 31 heavy (non-hydrogen) atoms. The zero-order valence-corrected chi connectivity index (χ0v) is 16.3. The van der Waals surface area contributed by atoms with E-state index in [4.69, 9.17) is 9.47 Å². The molecule has 0 bridgehead atoms. The molecule has 166 valence electrons. The standard InChI is InChI=1S/C21H22O10/c1-9-16(25)19(28)20(29)21(30-9)31-15-7-4-11(17(26)18(15)27)12(22)5-2-10-3-6-13(23)14(24)8-10/h2-9,16,19-21,23-29H,1H3. The van der Waals surface area contributed by atoms with E-state index in [9.17, 15) is 40.5 Å². The maximum Gasteiger partial charge on any atom is 0.229 e. The lowest BCUT2D eigenvalue weighted by molar-refractivity contribution is -0.268. The van der Waals surface area contributed by atoms with Crippen LogP contribution in [-0.2, 0) is 4.74 Å².